The van der Waals surface area contributed by atoms with Gasteiger partial charge in [-0.15, -0.1) is 34.2 Å². The third-order valence-electron chi connectivity index (χ3n) is 4.22. The Hall–Kier alpha value is -1.10. The van der Waals surface area contributed by atoms with Crippen LogP contribution < -0.4 is 10.6 Å². The van der Waals surface area contributed by atoms with Gasteiger partial charge in [-0.3, -0.25) is 4.99 Å². The van der Waals surface area contributed by atoms with E-state index in [1.807, 2.05) is 23.6 Å². The fraction of sp³-hybridized carbons (Fsp3) is 0.526. The fourth-order valence-corrected chi connectivity index (χ4v) is 3.29. The molecule has 1 aromatic carbocycles. The number of rotatable bonds is 10. The quantitative estimate of drug-likeness (QED) is 0.200. The first kappa shape index (κ1) is 25.9. The molecule has 0 fully saturated rings. The van der Waals surface area contributed by atoms with Crippen LogP contribution in [0.15, 0.2) is 29.5 Å². The number of aryl methyl sites for hydroxylation is 1. The van der Waals surface area contributed by atoms with E-state index < -0.39 is 0 Å². The number of benzene rings is 1. The van der Waals surface area contributed by atoms with Crippen LogP contribution >= 0.6 is 47.2 Å². The van der Waals surface area contributed by atoms with Crippen LogP contribution in [0.4, 0.5) is 0 Å². The molecule has 0 spiro atoms. The van der Waals surface area contributed by atoms with Gasteiger partial charge < -0.3 is 19.9 Å². The maximum absolute atomic E-state index is 6.34. The summed E-state index contributed by atoms with van der Waals surface area (Å²) in [4.78, 5) is 4.64. The van der Waals surface area contributed by atoms with Crippen LogP contribution in [0, 0.1) is 0 Å². The van der Waals surface area contributed by atoms with Gasteiger partial charge in [0.1, 0.15) is 12.2 Å². The molecule has 2 aromatic rings. The predicted octanol–water partition coefficient (Wildman–Crippen LogP) is 4.10. The zero-order valence-electron chi connectivity index (χ0n) is 17.0. The molecule has 1 aromatic heterocycles. The monoisotopic (exact) mass is 554 g/mol. The van der Waals surface area contributed by atoms with Crippen LogP contribution in [0.2, 0.25) is 10.0 Å². The SMILES string of the molecule is CCc1nncn1CCNC(=NCCCOC)NC(C)c1ccc(Cl)cc1Cl.I. The predicted molar refractivity (Wildman–Crippen MR) is 130 cm³/mol. The Bertz CT molecular complexity index is 771. The van der Waals surface area contributed by atoms with E-state index in [4.69, 9.17) is 27.9 Å². The molecule has 0 aliphatic heterocycles. The second kappa shape index (κ2) is 14.0. The lowest BCUT2D eigenvalue weighted by atomic mass is 10.1. The lowest BCUT2D eigenvalue weighted by molar-refractivity contribution is 0.197. The number of guanidine groups is 1. The molecule has 2 rings (SSSR count). The lowest BCUT2D eigenvalue weighted by Gasteiger charge is -2.20. The molecule has 1 unspecified atom stereocenters. The first-order chi connectivity index (χ1) is 13.5. The van der Waals surface area contributed by atoms with Gasteiger partial charge in [-0.2, -0.15) is 0 Å². The van der Waals surface area contributed by atoms with Crippen molar-refractivity contribution in [3.63, 3.8) is 0 Å². The summed E-state index contributed by atoms with van der Waals surface area (Å²) in [5.41, 5.74) is 0.963. The zero-order chi connectivity index (χ0) is 20.4. The molecule has 7 nitrogen and oxygen atoms in total. The van der Waals surface area contributed by atoms with Gasteiger partial charge in [0.2, 0.25) is 0 Å². The summed E-state index contributed by atoms with van der Waals surface area (Å²) in [5.74, 6) is 1.69. The van der Waals surface area contributed by atoms with E-state index in [1.165, 1.54) is 0 Å². The molecule has 10 heteroatoms. The minimum absolute atomic E-state index is 0. The molecular weight excluding hydrogens is 526 g/mol. The van der Waals surface area contributed by atoms with Crippen molar-refractivity contribution in [2.75, 3.05) is 26.8 Å². The van der Waals surface area contributed by atoms with Gasteiger partial charge in [-0.25, -0.2) is 0 Å². The molecule has 0 aliphatic rings. The number of nitrogens with one attached hydrogen (secondary N) is 2. The summed E-state index contributed by atoms with van der Waals surface area (Å²) in [7, 11) is 1.69. The third kappa shape index (κ3) is 8.65. The lowest BCUT2D eigenvalue weighted by Crippen LogP contribution is -2.40. The summed E-state index contributed by atoms with van der Waals surface area (Å²) in [6.07, 6.45) is 3.45. The van der Waals surface area contributed by atoms with Crippen molar-refractivity contribution >= 4 is 53.1 Å². The van der Waals surface area contributed by atoms with Crippen LogP contribution in [-0.4, -0.2) is 47.5 Å². The van der Waals surface area contributed by atoms with Crippen LogP contribution in [0.1, 0.15) is 37.7 Å². The Balaban J connectivity index is 0.00000420. The van der Waals surface area contributed by atoms with Gasteiger partial charge in [0, 0.05) is 49.8 Å². The summed E-state index contributed by atoms with van der Waals surface area (Å²) in [5, 5.41) is 16.1. The van der Waals surface area contributed by atoms with Gasteiger partial charge in [-0.05, 0) is 31.0 Å². The van der Waals surface area contributed by atoms with E-state index in [0.717, 1.165) is 36.7 Å². The number of aliphatic imine (C=N–C) groups is 1. The van der Waals surface area contributed by atoms with Crippen molar-refractivity contribution in [2.45, 2.75) is 39.3 Å². The van der Waals surface area contributed by atoms with Gasteiger partial charge in [-0.1, -0.05) is 36.2 Å². The van der Waals surface area contributed by atoms with Crippen molar-refractivity contribution in [2.24, 2.45) is 4.99 Å². The molecule has 0 saturated carbocycles. The largest absolute Gasteiger partial charge is 0.385 e. The average molecular weight is 555 g/mol. The zero-order valence-corrected chi connectivity index (χ0v) is 20.8. The highest BCUT2D eigenvalue weighted by Crippen LogP contribution is 2.25. The summed E-state index contributed by atoms with van der Waals surface area (Å²) in [6, 6.07) is 5.48. The van der Waals surface area contributed by atoms with Crippen LogP contribution in [0.5, 0.6) is 0 Å². The highest BCUT2D eigenvalue weighted by atomic mass is 127. The minimum Gasteiger partial charge on any atom is -0.385 e. The standard InChI is InChI=1S/C19H28Cl2N6O.HI/c1-4-18-26-24-13-27(18)10-9-23-19(22-8-5-11-28-3)25-14(2)16-7-6-15(20)12-17(16)21;/h6-7,12-14H,4-5,8-11H2,1-3H3,(H2,22,23,25);1H. The molecule has 29 heavy (non-hydrogen) atoms. The number of nitrogens with zero attached hydrogens (tertiary/aromatic N) is 4. The number of hydrogen-bond donors (Lipinski definition) is 2. The van der Waals surface area contributed by atoms with Crippen molar-refractivity contribution < 1.29 is 4.74 Å². The molecule has 0 bridgehead atoms. The number of methoxy groups -OCH3 is 1. The Morgan fingerprint density at radius 1 is 1.34 bits per heavy atom. The highest BCUT2D eigenvalue weighted by molar-refractivity contribution is 14.0. The van der Waals surface area contributed by atoms with Gasteiger partial charge >= 0.3 is 0 Å². The van der Waals surface area contributed by atoms with Gasteiger partial charge in [0.15, 0.2) is 5.96 Å². The van der Waals surface area contributed by atoms with Crippen LogP contribution in [0.3, 0.4) is 0 Å². The Labute approximate surface area is 199 Å². The smallest absolute Gasteiger partial charge is 0.191 e. The molecule has 0 radical (unpaired) electrons. The normalized spacial score (nSPS) is 12.4. The van der Waals surface area contributed by atoms with Crippen molar-refractivity contribution in [1.82, 2.24) is 25.4 Å². The summed E-state index contributed by atoms with van der Waals surface area (Å²) in [6.45, 7) is 6.90. The number of ether oxygens (including phenoxy) is 1. The van der Waals surface area contributed by atoms with E-state index in [9.17, 15) is 0 Å². The highest BCUT2D eigenvalue weighted by Gasteiger charge is 2.12. The van der Waals surface area contributed by atoms with Gasteiger partial charge in [0.25, 0.3) is 0 Å². The molecular formula is C19H29Cl2IN6O. The first-order valence-electron chi connectivity index (χ1n) is 9.40. The van der Waals surface area contributed by atoms with E-state index in [-0.39, 0.29) is 30.0 Å². The Morgan fingerprint density at radius 3 is 2.83 bits per heavy atom. The molecule has 0 amide bonds. The Morgan fingerprint density at radius 2 is 2.14 bits per heavy atom. The number of aromatic nitrogens is 3. The van der Waals surface area contributed by atoms with Crippen LogP contribution in [-0.2, 0) is 17.7 Å². The van der Waals surface area contributed by atoms with Crippen molar-refractivity contribution in [1.29, 1.82) is 0 Å². The van der Waals surface area contributed by atoms with E-state index in [2.05, 4.69) is 32.7 Å². The van der Waals surface area contributed by atoms with Gasteiger partial charge in [0.05, 0.1) is 6.04 Å². The molecule has 1 heterocycles. The second-order valence-electron chi connectivity index (χ2n) is 6.33. The maximum Gasteiger partial charge on any atom is 0.191 e. The number of halogens is 3. The number of hydrogen-bond acceptors (Lipinski definition) is 4. The fourth-order valence-electron chi connectivity index (χ4n) is 2.72. The van der Waals surface area contributed by atoms with E-state index in [1.54, 1.807) is 19.5 Å². The Kier molecular flexibility index (Phi) is 12.5. The topological polar surface area (TPSA) is 76.4 Å². The second-order valence-corrected chi connectivity index (χ2v) is 7.17. The molecule has 0 saturated heterocycles. The maximum atomic E-state index is 6.34. The third-order valence-corrected chi connectivity index (χ3v) is 4.78. The minimum atomic E-state index is -0.0282. The van der Waals surface area contributed by atoms with E-state index >= 15 is 0 Å². The van der Waals surface area contributed by atoms with Crippen molar-refractivity contribution in [3.05, 3.63) is 46.0 Å². The molecule has 1 atom stereocenters. The van der Waals surface area contributed by atoms with E-state index in [0.29, 0.717) is 29.7 Å². The average Bonchev–Trinajstić information content (AvgIpc) is 3.12. The summed E-state index contributed by atoms with van der Waals surface area (Å²) >= 11 is 12.3. The summed E-state index contributed by atoms with van der Waals surface area (Å²) < 4.78 is 7.14. The van der Waals surface area contributed by atoms with Crippen LogP contribution in [0.25, 0.3) is 0 Å². The molecule has 2 N–H and O–H groups in total. The molecule has 162 valence electrons. The molecule has 0 aliphatic carbocycles. The first-order valence-corrected chi connectivity index (χ1v) is 10.2. The van der Waals surface area contributed by atoms with Crippen molar-refractivity contribution in [3.8, 4) is 0 Å².